The lowest BCUT2D eigenvalue weighted by Gasteiger charge is -2.21. The molecule has 1 aromatic rings. The second-order valence-corrected chi connectivity index (χ2v) is 5.97. The van der Waals surface area contributed by atoms with Crippen LogP contribution >= 0.6 is 22.6 Å². The summed E-state index contributed by atoms with van der Waals surface area (Å²) in [7, 11) is 0. The highest BCUT2D eigenvalue weighted by molar-refractivity contribution is 14.1. The second kappa shape index (κ2) is 5.85. The van der Waals surface area contributed by atoms with Gasteiger partial charge in [0.25, 0.3) is 5.91 Å². The summed E-state index contributed by atoms with van der Waals surface area (Å²) in [6.07, 6.45) is 3.52. The number of hydrogen-bond donors (Lipinski definition) is 0. The maximum Gasteiger partial charge on any atom is 0.254 e. The number of rotatable bonds is 1. The van der Waals surface area contributed by atoms with Crippen molar-refractivity contribution in [2.24, 2.45) is 5.92 Å². The normalized spacial score (nSPS) is 21.1. The van der Waals surface area contributed by atoms with E-state index in [2.05, 4.69) is 29.5 Å². The van der Waals surface area contributed by atoms with Crippen LogP contribution in [-0.2, 0) is 0 Å². The highest BCUT2D eigenvalue weighted by Gasteiger charge is 2.20. The van der Waals surface area contributed by atoms with E-state index in [4.69, 9.17) is 0 Å². The van der Waals surface area contributed by atoms with Gasteiger partial charge >= 0.3 is 0 Å². The van der Waals surface area contributed by atoms with Gasteiger partial charge in [-0.3, -0.25) is 4.79 Å². The predicted molar refractivity (Wildman–Crippen MR) is 78.1 cm³/mol. The lowest BCUT2D eigenvalue weighted by atomic mass is 10.0. The summed E-state index contributed by atoms with van der Waals surface area (Å²) in [6, 6.07) is 7.84. The zero-order valence-corrected chi connectivity index (χ0v) is 12.3. The number of carbonyl (C=O) groups is 1. The molecule has 17 heavy (non-hydrogen) atoms. The van der Waals surface area contributed by atoms with Crippen LogP contribution in [0.1, 0.15) is 36.5 Å². The first-order chi connectivity index (χ1) is 8.18. The van der Waals surface area contributed by atoms with Gasteiger partial charge in [-0.25, -0.2) is 0 Å². The fourth-order valence-electron chi connectivity index (χ4n) is 2.27. The Morgan fingerprint density at radius 2 is 2.06 bits per heavy atom. The minimum Gasteiger partial charge on any atom is -0.339 e. The Hall–Kier alpha value is -0.580. The number of benzene rings is 1. The van der Waals surface area contributed by atoms with Gasteiger partial charge in [-0.1, -0.05) is 19.1 Å². The van der Waals surface area contributed by atoms with Gasteiger partial charge in [0.15, 0.2) is 0 Å². The van der Waals surface area contributed by atoms with Crippen molar-refractivity contribution in [1.29, 1.82) is 0 Å². The lowest BCUT2D eigenvalue weighted by Crippen LogP contribution is -2.32. The van der Waals surface area contributed by atoms with Crippen LogP contribution in [-0.4, -0.2) is 23.9 Å². The van der Waals surface area contributed by atoms with Crippen molar-refractivity contribution < 1.29 is 4.79 Å². The van der Waals surface area contributed by atoms with Gasteiger partial charge in [0, 0.05) is 16.7 Å². The molecule has 0 aromatic heterocycles. The molecular weight excluding hydrogens is 325 g/mol. The SMILES string of the molecule is CC1CCCN(C(=O)c2ccccc2I)CC1. The molecule has 1 aliphatic heterocycles. The quantitative estimate of drug-likeness (QED) is 0.714. The van der Waals surface area contributed by atoms with E-state index in [0.29, 0.717) is 0 Å². The molecule has 0 aliphatic carbocycles. The Bertz CT molecular complexity index is 405. The molecule has 1 heterocycles. The molecular formula is C14H18INO. The predicted octanol–water partition coefficient (Wildman–Crippen LogP) is 3.55. The first-order valence-corrected chi connectivity index (χ1v) is 7.30. The summed E-state index contributed by atoms with van der Waals surface area (Å²) < 4.78 is 1.05. The summed E-state index contributed by atoms with van der Waals surface area (Å²) in [4.78, 5) is 14.4. The van der Waals surface area contributed by atoms with Gasteiger partial charge in [0.05, 0.1) is 5.56 Å². The summed E-state index contributed by atoms with van der Waals surface area (Å²) >= 11 is 2.24. The molecule has 0 radical (unpaired) electrons. The van der Waals surface area contributed by atoms with Gasteiger partial charge in [-0.15, -0.1) is 0 Å². The fraction of sp³-hybridized carbons (Fsp3) is 0.500. The van der Waals surface area contributed by atoms with E-state index < -0.39 is 0 Å². The molecule has 0 spiro atoms. The first-order valence-electron chi connectivity index (χ1n) is 6.22. The fourth-order valence-corrected chi connectivity index (χ4v) is 2.89. The van der Waals surface area contributed by atoms with Crippen molar-refractivity contribution in [3.63, 3.8) is 0 Å². The standard InChI is InChI=1S/C14H18INO/c1-11-5-4-9-16(10-8-11)14(17)12-6-2-3-7-13(12)15/h2-3,6-7,11H,4-5,8-10H2,1H3. The lowest BCUT2D eigenvalue weighted by molar-refractivity contribution is 0.0759. The Labute approximate surface area is 117 Å². The number of hydrogen-bond acceptors (Lipinski definition) is 1. The molecule has 1 aliphatic rings. The molecule has 2 rings (SSSR count). The van der Waals surface area contributed by atoms with Crippen molar-refractivity contribution in [3.8, 4) is 0 Å². The molecule has 1 unspecified atom stereocenters. The third kappa shape index (κ3) is 3.21. The molecule has 1 saturated heterocycles. The van der Waals surface area contributed by atoms with Crippen LogP contribution in [0.5, 0.6) is 0 Å². The molecule has 2 nitrogen and oxygen atoms in total. The van der Waals surface area contributed by atoms with E-state index in [9.17, 15) is 4.79 Å². The van der Waals surface area contributed by atoms with E-state index in [1.165, 1.54) is 6.42 Å². The summed E-state index contributed by atoms with van der Waals surface area (Å²) in [6.45, 7) is 4.10. The molecule has 1 fully saturated rings. The van der Waals surface area contributed by atoms with Crippen LogP contribution in [0.3, 0.4) is 0 Å². The number of nitrogens with zero attached hydrogens (tertiary/aromatic N) is 1. The molecule has 0 N–H and O–H groups in total. The smallest absolute Gasteiger partial charge is 0.254 e. The van der Waals surface area contributed by atoms with Crippen molar-refractivity contribution in [2.75, 3.05) is 13.1 Å². The molecule has 0 bridgehead atoms. The van der Waals surface area contributed by atoms with E-state index in [1.807, 2.05) is 29.2 Å². The minimum atomic E-state index is 0.198. The van der Waals surface area contributed by atoms with Gasteiger partial charge in [-0.05, 0) is 59.9 Å². The highest BCUT2D eigenvalue weighted by atomic mass is 127. The molecule has 1 atom stereocenters. The molecule has 1 aromatic carbocycles. The Kier molecular flexibility index (Phi) is 4.42. The second-order valence-electron chi connectivity index (χ2n) is 4.81. The zero-order valence-electron chi connectivity index (χ0n) is 10.2. The average molecular weight is 343 g/mol. The molecule has 1 amide bonds. The van der Waals surface area contributed by atoms with Gasteiger partial charge in [0.1, 0.15) is 0 Å². The largest absolute Gasteiger partial charge is 0.339 e. The first kappa shape index (κ1) is 12.9. The van der Waals surface area contributed by atoms with E-state index in [1.54, 1.807) is 0 Å². The molecule has 0 saturated carbocycles. The number of amides is 1. The van der Waals surface area contributed by atoms with Crippen LogP contribution in [0, 0.1) is 9.49 Å². The van der Waals surface area contributed by atoms with Crippen molar-refractivity contribution in [1.82, 2.24) is 4.90 Å². The molecule has 92 valence electrons. The van der Waals surface area contributed by atoms with E-state index in [0.717, 1.165) is 41.0 Å². The van der Waals surface area contributed by atoms with Crippen molar-refractivity contribution in [3.05, 3.63) is 33.4 Å². The Balaban J connectivity index is 2.12. The Morgan fingerprint density at radius 3 is 2.82 bits per heavy atom. The van der Waals surface area contributed by atoms with E-state index >= 15 is 0 Å². The third-order valence-electron chi connectivity index (χ3n) is 3.41. The van der Waals surface area contributed by atoms with Crippen molar-refractivity contribution in [2.45, 2.75) is 26.2 Å². The van der Waals surface area contributed by atoms with Crippen LogP contribution in [0.15, 0.2) is 24.3 Å². The highest BCUT2D eigenvalue weighted by Crippen LogP contribution is 2.20. The summed E-state index contributed by atoms with van der Waals surface area (Å²) in [5.41, 5.74) is 0.850. The topological polar surface area (TPSA) is 20.3 Å². The van der Waals surface area contributed by atoms with Crippen LogP contribution < -0.4 is 0 Å². The maximum atomic E-state index is 12.4. The van der Waals surface area contributed by atoms with Gasteiger partial charge < -0.3 is 4.90 Å². The maximum absolute atomic E-state index is 12.4. The summed E-state index contributed by atoms with van der Waals surface area (Å²) in [5.74, 6) is 0.951. The Morgan fingerprint density at radius 1 is 1.29 bits per heavy atom. The number of carbonyl (C=O) groups excluding carboxylic acids is 1. The zero-order chi connectivity index (χ0) is 12.3. The monoisotopic (exact) mass is 343 g/mol. The van der Waals surface area contributed by atoms with Gasteiger partial charge in [-0.2, -0.15) is 0 Å². The number of likely N-dealkylation sites (tertiary alicyclic amines) is 1. The van der Waals surface area contributed by atoms with Crippen LogP contribution in [0.2, 0.25) is 0 Å². The van der Waals surface area contributed by atoms with Crippen LogP contribution in [0.25, 0.3) is 0 Å². The van der Waals surface area contributed by atoms with Crippen LogP contribution in [0.4, 0.5) is 0 Å². The van der Waals surface area contributed by atoms with Gasteiger partial charge in [0.2, 0.25) is 0 Å². The average Bonchev–Trinajstić information content (AvgIpc) is 2.54. The minimum absolute atomic E-state index is 0.198. The van der Waals surface area contributed by atoms with E-state index in [-0.39, 0.29) is 5.91 Å². The third-order valence-corrected chi connectivity index (χ3v) is 4.35. The molecule has 3 heteroatoms. The van der Waals surface area contributed by atoms with Crippen molar-refractivity contribution >= 4 is 28.5 Å². The summed E-state index contributed by atoms with van der Waals surface area (Å²) in [5, 5.41) is 0. The number of halogens is 1.